The van der Waals surface area contributed by atoms with Gasteiger partial charge in [-0.15, -0.1) is 5.10 Å². The molecular formula is C18H20F3N5O3. The number of anilines is 2. The van der Waals surface area contributed by atoms with Crippen molar-refractivity contribution in [3.63, 3.8) is 0 Å². The molecule has 29 heavy (non-hydrogen) atoms. The van der Waals surface area contributed by atoms with E-state index in [2.05, 4.69) is 5.10 Å². The van der Waals surface area contributed by atoms with E-state index in [1.165, 1.54) is 34.8 Å². The second-order valence-electron chi connectivity index (χ2n) is 6.80. The Morgan fingerprint density at radius 2 is 2.03 bits per heavy atom. The van der Waals surface area contributed by atoms with Crippen molar-refractivity contribution >= 4 is 17.6 Å². The van der Waals surface area contributed by atoms with Gasteiger partial charge in [0.15, 0.2) is 0 Å². The molecule has 0 saturated heterocycles. The van der Waals surface area contributed by atoms with Crippen molar-refractivity contribution in [3.05, 3.63) is 52.1 Å². The lowest BCUT2D eigenvalue weighted by Gasteiger charge is -2.26. The number of esters is 1. The van der Waals surface area contributed by atoms with E-state index in [0.717, 1.165) is 16.8 Å². The van der Waals surface area contributed by atoms with Crippen LogP contribution in [0.25, 0.3) is 0 Å². The number of halogens is 3. The summed E-state index contributed by atoms with van der Waals surface area (Å²) < 4.78 is 46.9. The van der Waals surface area contributed by atoms with Crippen molar-refractivity contribution in [2.45, 2.75) is 12.7 Å². The van der Waals surface area contributed by atoms with Crippen LogP contribution in [0.1, 0.15) is 5.56 Å². The monoisotopic (exact) mass is 411 g/mol. The Morgan fingerprint density at radius 3 is 2.69 bits per heavy atom. The second-order valence-corrected chi connectivity index (χ2v) is 6.80. The number of likely N-dealkylation sites (N-methyl/N-ethyl adjacent to an activating group) is 1. The molecule has 0 saturated carbocycles. The minimum Gasteiger partial charge on any atom is -0.461 e. The van der Waals surface area contributed by atoms with Crippen molar-refractivity contribution in [1.82, 2.24) is 19.2 Å². The van der Waals surface area contributed by atoms with Crippen molar-refractivity contribution in [1.29, 1.82) is 0 Å². The molecule has 0 bridgehead atoms. The SMILES string of the molecule is CN(C)CCOC(=O)C1=CN(c2cccc(C(F)(F)F)c2)c2nn(C)c(=O)n2C1. The van der Waals surface area contributed by atoms with Crippen LogP contribution >= 0.6 is 0 Å². The highest BCUT2D eigenvalue weighted by atomic mass is 19.4. The largest absolute Gasteiger partial charge is 0.461 e. The quantitative estimate of drug-likeness (QED) is 0.698. The molecule has 0 radical (unpaired) electrons. The zero-order chi connectivity index (χ0) is 21.3. The number of hydrogen-bond acceptors (Lipinski definition) is 6. The van der Waals surface area contributed by atoms with E-state index in [1.54, 1.807) is 0 Å². The highest BCUT2D eigenvalue weighted by Crippen LogP contribution is 2.34. The Labute approximate surface area is 164 Å². The normalized spacial score (nSPS) is 14.0. The topological polar surface area (TPSA) is 72.6 Å². The highest BCUT2D eigenvalue weighted by molar-refractivity contribution is 5.90. The lowest BCUT2D eigenvalue weighted by Crippen LogP contribution is -2.32. The van der Waals surface area contributed by atoms with E-state index in [4.69, 9.17) is 4.74 Å². The molecule has 0 N–H and O–H groups in total. The minimum atomic E-state index is -4.53. The number of nitrogens with zero attached hydrogens (tertiary/aromatic N) is 5. The number of rotatable bonds is 5. The molecule has 11 heteroatoms. The van der Waals surface area contributed by atoms with Gasteiger partial charge < -0.3 is 9.64 Å². The van der Waals surface area contributed by atoms with Gasteiger partial charge in [-0.3, -0.25) is 9.47 Å². The zero-order valence-electron chi connectivity index (χ0n) is 16.1. The summed E-state index contributed by atoms with van der Waals surface area (Å²) in [6, 6.07) is 4.57. The molecule has 0 unspecified atom stereocenters. The number of aryl methyl sites for hydroxylation is 1. The van der Waals surface area contributed by atoms with Crippen LogP contribution in [0.2, 0.25) is 0 Å². The van der Waals surface area contributed by atoms with Crippen LogP contribution in [0.15, 0.2) is 40.8 Å². The molecule has 8 nitrogen and oxygen atoms in total. The maximum absolute atomic E-state index is 13.1. The fourth-order valence-corrected chi connectivity index (χ4v) is 2.79. The first-order chi connectivity index (χ1) is 13.6. The van der Waals surface area contributed by atoms with Crippen LogP contribution in [0.4, 0.5) is 24.8 Å². The molecular weight excluding hydrogens is 391 g/mol. The average Bonchev–Trinajstić information content (AvgIpc) is 2.94. The summed E-state index contributed by atoms with van der Waals surface area (Å²) >= 11 is 0. The van der Waals surface area contributed by atoms with E-state index < -0.39 is 23.4 Å². The van der Waals surface area contributed by atoms with Gasteiger partial charge >= 0.3 is 17.8 Å². The number of fused-ring (bicyclic) bond motifs is 1. The van der Waals surface area contributed by atoms with Crippen LogP contribution in [0.3, 0.4) is 0 Å². The van der Waals surface area contributed by atoms with E-state index in [0.29, 0.717) is 6.54 Å². The number of benzene rings is 1. The van der Waals surface area contributed by atoms with Gasteiger partial charge in [-0.05, 0) is 32.3 Å². The van der Waals surface area contributed by atoms with Gasteiger partial charge in [-0.2, -0.15) is 13.2 Å². The molecule has 1 aromatic heterocycles. The number of carbonyl (C=O) groups excluding carboxylic acids is 1. The Balaban J connectivity index is 2.00. The summed E-state index contributed by atoms with van der Waals surface area (Å²) in [6.07, 6.45) is -3.18. The average molecular weight is 411 g/mol. The molecule has 3 rings (SSSR count). The predicted octanol–water partition coefficient (Wildman–Crippen LogP) is 1.74. The molecule has 156 valence electrons. The molecule has 1 aliphatic rings. The van der Waals surface area contributed by atoms with Gasteiger partial charge in [0.1, 0.15) is 6.61 Å². The van der Waals surface area contributed by atoms with Crippen molar-refractivity contribution in [3.8, 4) is 0 Å². The van der Waals surface area contributed by atoms with Gasteiger partial charge in [0, 0.05) is 25.5 Å². The van der Waals surface area contributed by atoms with Crippen LogP contribution in [-0.4, -0.2) is 52.5 Å². The third-order valence-corrected chi connectivity index (χ3v) is 4.30. The summed E-state index contributed by atoms with van der Waals surface area (Å²) in [5, 5.41) is 4.09. The van der Waals surface area contributed by atoms with Crippen molar-refractivity contribution < 1.29 is 22.7 Å². The molecule has 0 aliphatic carbocycles. The molecule has 2 heterocycles. The number of ether oxygens (including phenoxy) is 1. The fourth-order valence-electron chi connectivity index (χ4n) is 2.79. The molecule has 1 aromatic carbocycles. The van der Waals surface area contributed by atoms with Gasteiger partial charge in [-0.1, -0.05) is 6.07 Å². The standard InChI is InChI=1S/C18H20F3N5O3/c1-23(2)7-8-29-15(27)12-10-25(16-22-24(3)17(28)26(16)11-12)14-6-4-5-13(9-14)18(19,20)21/h4-6,9-10H,7-8,11H2,1-3H3. The molecule has 1 aliphatic heterocycles. The summed E-state index contributed by atoms with van der Waals surface area (Å²) in [7, 11) is 5.07. The Bertz CT molecular complexity index is 1010. The predicted molar refractivity (Wildman–Crippen MR) is 98.6 cm³/mol. The molecule has 0 spiro atoms. The first kappa shape index (κ1) is 20.6. The third-order valence-electron chi connectivity index (χ3n) is 4.30. The molecule has 2 aromatic rings. The Kier molecular flexibility index (Phi) is 5.51. The van der Waals surface area contributed by atoms with Gasteiger partial charge in [-0.25, -0.2) is 14.3 Å². The number of alkyl halides is 3. The van der Waals surface area contributed by atoms with E-state index >= 15 is 0 Å². The first-order valence-electron chi connectivity index (χ1n) is 8.71. The van der Waals surface area contributed by atoms with Crippen LogP contribution in [0, 0.1) is 0 Å². The summed E-state index contributed by atoms with van der Waals surface area (Å²) in [4.78, 5) is 27.9. The molecule has 0 amide bonds. The smallest absolute Gasteiger partial charge is 0.416 e. The van der Waals surface area contributed by atoms with E-state index in [9.17, 15) is 22.8 Å². The maximum Gasteiger partial charge on any atom is 0.416 e. The van der Waals surface area contributed by atoms with E-state index in [-0.39, 0.29) is 30.4 Å². The lowest BCUT2D eigenvalue weighted by atomic mass is 10.1. The Morgan fingerprint density at radius 1 is 1.31 bits per heavy atom. The van der Waals surface area contributed by atoms with Crippen molar-refractivity contribution in [2.24, 2.45) is 7.05 Å². The van der Waals surface area contributed by atoms with Crippen LogP contribution in [0.5, 0.6) is 0 Å². The number of aromatic nitrogens is 3. The van der Waals surface area contributed by atoms with Gasteiger partial charge in [0.2, 0.25) is 5.95 Å². The lowest BCUT2D eigenvalue weighted by molar-refractivity contribution is -0.139. The minimum absolute atomic E-state index is 0.0851. The van der Waals surface area contributed by atoms with Crippen LogP contribution in [-0.2, 0) is 29.3 Å². The summed E-state index contributed by atoms with van der Waals surface area (Å²) in [5.41, 5.74) is -1.11. The summed E-state index contributed by atoms with van der Waals surface area (Å²) in [6.45, 7) is 0.564. The second kappa shape index (κ2) is 7.74. The number of carbonyl (C=O) groups is 1. The summed E-state index contributed by atoms with van der Waals surface area (Å²) in [5.74, 6) is -0.535. The zero-order valence-corrected chi connectivity index (χ0v) is 16.1. The molecule has 0 fully saturated rings. The first-order valence-corrected chi connectivity index (χ1v) is 8.71. The van der Waals surface area contributed by atoms with Crippen LogP contribution < -0.4 is 10.6 Å². The van der Waals surface area contributed by atoms with Gasteiger partial charge in [0.05, 0.1) is 17.7 Å². The fraction of sp³-hybridized carbons (Fsp3) is 0.389. The highest BCUT2D eigenvalue weighted by Gasteiger charge is 2.32. The Hall–Kier alpha value is -3.08. The third kappa shape index (κ3) is 4.34. The van der Waals surface area contributed by atoms with Crippen molar-refractivity contribution in [2.75, 3.05) is 32.1 Å². The number of hydrogen-bond donors (Lipinski definition) is 0. The van der Waals surface area contributed by atoms with Gasteiger partial charge in [0.25, 0.3) is 0 Å². The van der Waals surface area contributed by atoms with E-state index in [1.807, 2.05) is 19.0 Å². The molecule has 0 atom stereocenters. The maximum atomic E-state index is 13.1.